The molecule has 2 nitrogen and oxygen atoms in total. The lowest BCUT2D eigenvalue weighted by atomic mass is 10.1. The first-order valence-corrected chi connectivity index (χ1v) is 5.14. The molecule has 2 aromatic rings. The third-order valence-electron chi connectivity index (χ3n) is 2.05. The Labute approximate surface area is 97.6 Å². The Bertz CT molecular complexity index is 491. The number of hydrogen-bond donors (Lipinski definition) is 1. The molecule has 0 saturated carbocycles. The maximum atomic E-state index is 12.5. The van der Waals surface area contributed by atoms with Crippen molar-refractivity contribution in [2.45, 2.75) is 6.18 Å². The van der Waals surface area contributed by atoms with Gasteiger partial charge < -0.3 is 4.98 Å². The van der Waals surface area contributed by atoms with Crippen LogP contribution in [0, 0.1) is 0 Å². The summed E-state index contributed by atoms with van der Waals surface area (Å²) in [6.45, 7) is 0. The van der Waals surface area contributed by atoms with Gasteiger partial charge in [-0.15, -0.1) is 0 Å². The first-order valence-electron chi connectivity index (χ1n) is 4.35. The molecule has 1 heterocycles. The van der Waals surface area contributed by atoms with Gasteiger partial charge in [-0.3, -0.25) is 0 Å². The van der Waals surface area contributed by atoms with Gasteiger partial charge >= 0.3 is 6.18 Å². The van der Waals surface area contributed by atoms with Crippen LogP contribution in [-0.4, -0.2) is 9.97 Å². The summed E-state index contributed by atoms with van der Waals surface area (Å²) < 4.78 is 38.1. The molecule has 0 fully saturated rings. The number of imidazole rings is 1. The molecule has 2 rings (SSSR count). The van der Waals surface area contributed by atoms with Gasteiger partial charge in [-0.05, 0) is 18.2 Å². The third kappa shape index (κ3) is 2.11. The highest BCUT2D eigenvalue weighted by atomic mass is 79.9. The monoisotopic (exact) mass is 290 g/mol. The Kier molecular flexibility index (Phi) is 2.75. The summed E-state index contributed by atoms with van der Waals surface area (Å²) in [6.07, 6.45) is -1.30. The lowest BCUT2D eigenvalue weighted by Crippen LogP contribution is -2.05. The van der Waals surface area contributed by atoms with Gasteiger partial charge in [0, 0.05) is 22.4 Å². The van der Waals surface area contributed by atoms with E-state index in [1.807, 2.05) is 0 Å². The van der Waals surface area contributed by atoms with Crippen LogP contribution < -0.4 is 0 Å². The van der Waals surface area contributed by atoms with Crippen LogP contribution in [0.5, 0.6) is 0 Å². The second-order valence-corrected chi connectivity index (χ2v) is 3.98. The predicted octanol–water partition coefficient (Wildman–Crippen LogP) is 3.86. The molecule has 6 heteroatoms. The van der Waals surface area contributed by atoms with E-state index in [1.54, 1.807) is 6.20 Å². The normalized spacial score (nSPS) is 11.8. The number of halogens is 4. The van der Waals surface area contributed by atoms with Gasteiger partial charge in [-0.2, -0.15) is 13.2 Å². The topological polar surface area (TPSA) is 28.7 Å². The van der Waals surface area contributed by atoms with E-state index in [1.165, 1.54) is 12.3 Å². The minimum absolute atomic E-state index is 0.389. The molecule has 0 bridgehead atoms. The van der Waals surface area contributed by atoms with E-state index in [4.69, 9.17) is 0 Å². The Balaban J connectivity index is 2.54. The van der Waals surface area contributed by atoms with Gasteiger partial charge in [0.2, 0.25) is 0 Å². The van der Waals surface area contributed by atoms with E-state index >= 15 is 0 Å². The molecular weight excluding hydrogens is 285 g/mol. The van der Waals surface area contributed by atoms with Crippen molar-refractivity contribution >= 4 is 15.9 Å². The predicted molar refractivity (Wildman–Crippen MR) is 56.7 cm³/mol. The van der Waals surface area contributed by atoms with Crippen molar-refractivity contribution in [1.29, 1.82) is 0 Å². The molecule has 0 radical (unpaired) electrons. The van der Waals surface area contributed by atoms with Crippen molar-refractivity contribution in [2.24, 2.45) is 0 Å². The third-order valence-corrected chi connectivity index (χ3v) is 2.74. The summed E-state index contributed by atoms with van der Waals surface area (Å²) in [7, 11) is 0. The van der Waals surface area contributed by atoms with Crippen molar-refractivity contribution in [3.63, 3.8) is 0 Å². The zero-order chi connectivity index (χ0) is 11.8. The fraction of sp³-hybridized carbons (Fsp3) is 0.100. The second-order valence-electron chi connectivity index (χ2n) is 3.13. The Morgan fingerprint density at radius 1 is 1.25 bits per heavy atom. The molecule has 0 amide bonds. The largest absolute Gasteiger partial charge is 0.416 e. The van der Waals surface area contributed by atoms with Crippen LogP contribution in [0.2, 0.25) is 0 Å². The Morgan fingerprint density at radius 3 is 2.56 bits per heavy atom. The molecule has 0 aliphatic rings. The minimum atomic E-state index is -4.35. The molecule has 16 heavy (non-hydrogen) atoms. The van der Waals surface area contributed by atoms with Crippen LogP contribution in [-0.2, 0) is 6.18 Å². The van der Waals surface area contributed by atoms with Gasteiger partial charge in [0.15, 0.2) is 0 Å². The highest BCUT2D eigenvalue weighted by Gasteiger charge is 2.31. The standard InChI is InChI=1S/C10H6BrF3N2/c11-8-2-1-6(10(12,13)14)5-7(8)9-15-3-4-16-9/h1-5H,(H,15,16). The van der Waals surface area contributed by atoms with Crippen molar-refractivity contribution in [3.05, 3.63) is 40.6 Å². The smallest absolute Gasteiger partial charge is 0.345 e. The van der Waals surface area contributed by atoms with Crippen LogP contribution in [0.3, 0.4) is 0 Å². The van der Waals surface area contributed by atoms with Crippen molar-refractivity contribution in [3.8, 4) is 11.4 Å². The molecule has 0 atom stereocenters. The van der Waals surface area contributed by atoms with E-state index in [2.05, 4.69) is 25.9 Å². The lowest BCUT2D eigenvalue weighted by molar-refractivity contribution is -0.137. The number of benzene rings is 1. The van der Waals surface area contributed by atoms with E-state index in [0.717, 1.165) is 12.1 Å². The first kappa shape index (κ1) is 11.2. The number of rotatable bonds is 1. The number of aromatic nitrogens is 2. The summed E-state index contributed by atoms with van der Waals surface area (Å²) >= 11 is 3.19. The second kappa shape index (κ2) is 3.93. The molecule has 1 aromatic heterocycles. The number of aromatic amines is 1. The van der Waals surface area contributed by atoms with Crippen LogP contribution >= 0.6 is 15.9 Å². The molecule has 1 N–H and O–H groups in total. The van der Waals surface area contributed by atoms with E-state index in [9.17, 15) is 13.2 Å². The van der Waals surface area contributed by atoms with Gasteiger partial charge in [0.05, 0.1) is 5.56 Å². The summed E-state index contributed by atoms with van der Waals surface area (Å²) in [5.74, 6) is 0.401. The average molecular weight is 291 g/mol. The lowest BCUT2D eigenvalue weighted by Gasteiger charge is -2.09. The molecule has 0 aliphatic heterocycles. The van der Waals surface area contributed by atoms with Gasteiger partial charge in [-0.25, -0.2) is 4.98 Å². The van der Waals surface area contributed by atoms with E-state index in [-0.39, 0.29) is 0 Å². The quantitative estimate of drug-likeness (QED) is 0.849. The zero-order valence-corrected chi connectivity index (χ0v) is 9.43. The maximum Gasteiger partial charge on any atom is 0.416 e. The van der Waals surface area contributed by atoms with Crippen molar-refractivity contribution in [2.75, 3.05) is 0 Å². The van der Waals surface area contributed by atoms with Crippen molar-refractivity contribution in [1.82, 2.24) is 9.97 Å². The number of alkyl halides is 3. The van der Waals surface area contributed by atoms with Gasteiger partial charge in [0.1, 0.15) is 5.82 Å². The number of hydrogen-bond acceptors (Lipinski definition) is 1. The van der Waals surface area contributed by atoms with Gasteiger partial charge in [0.25, 0.3) is 0 Å². The maximum absolute atomic E-state index is 12.5. The zero-order valence-electron chi connectivity index (χ0n) is 7.85. The fourth-order valence-electron chi connectivity index (χ4n) is 1.30. The SMILES string of the molecule is FC(F)(F)c1ccc(Br)c(-c2ncc[nH]2)c1. The summed E-state index contributed by atoms with van der Waals surface area (Å²) in [5.41, 5.74) is -0.304. The van der Waals surface area contributed by atoms with Crippen LogP contribution in [0.15, 0.2) is 35.1 Å². The van der Waals surface area contributed by atoms with E-state index in [0.29, 0.717) is 15.9 Å². The molecule has 0 saturated heterocycles. The van der Waals surface area contributed by atoms with E-state index < -0.39 is 11.7 Å². The van der Waals surface area contributed by atoms with Crippen molar-refractivity contribution < 1.29 is 13.2 Å². The highest BCUT2D eigenvalue weighted by molar-refractivity contribution is 9.10. The molecule has 0 aliphatic carbocycles. The summed E-state index contributed by atoms with van der Waals surface area (Å²) in [5, 5.41) is 0. The number of nitrogens with one attached hydrogen (secondary N) is 1. The summed E-state index contributed by atoms with van der Waals surface area (Å²) in [6, 6.07) is 3.44. The fourth-order valence-corrected chi connectivity index (χ4v) is 1.73. The Hall–Kier alpha value is -1.30. The molecular formula is C10H6BrF3N2. The van der Waals surface area contributed by atoms with Crippen LogP contribution in [0.4, 0.5) is 13.2 Å². The van der Waals surface area contributed by atoms with Crippen LogP contribution in [0.25, 0.3) is 11.4 Å². The first-order chi connectivity index (χ1) is 7.48. The number of H-pyrrole nitrogens is 1. The molecule has 0 spiro atoms. The molecule has 0 unspecified atom stereocenters. The number of nitrogens with zero attached hydrogens (tertiary/aromatic N) is 1. The highest BCUT2D eigenvalue weighted by Crippen LogP contribution is 2.34. The minimum Gasteiger partial charge on any atom is -0.345 e. The average Bonchev–Trinajstić information content (AvgIpc) is 2.69. The van der Waals surface area contributed by atoms with Crippen LogP contribution in [0.1, 0.15) is 5.56 Å². The summed E-state index contributed by atoms with van der Waals surface area (Å²) in [4.78, 5) is 6.68. The Morgan fingerprint density at radius 2 is 2.00 bits per heavy atom. The molecule has 1 aromatic carbocycles. The molecule has 84 valence electrons. The van der Waals surface area contributed by atoms with Gasteiger partial charge in [-0.1, -0.05) is 15.9 Å².